The lowest BCUT2D eigenvalue weighted by molar-refractivity contribution is -0.119. The molecule has 0 aliphatic heterocycles. The molecule has 1 heterocycles. The number of benzene rings is 1. The minimum atomic E-state index is 0.0605. The fourth-order valence-electron chi connectivity index (χ4n) is 2.84. The first-order chi connectivity index (χ1) is 11.1. The summed E-state index contributed by atoms with van der Waals surface area (Å²) in [4.78, 5) is 16.6. The van der Waals surface area contributed by atoms with Crippen molar-refractivity contribution in [2.75, 3.05) is 0 Å². The maximum Gasteiger partial charge on any atom is 0.162 e. The lowest BCUT2D eigenvalue weighted by Gasteiger charge is -2.22. The smallest absolute Gasteiger partial charge is 0.162 e. The van der Waals surface area contributed by atoms with E-state index in [4.69, 9.17) is 0 Å². The number of hydrogen-bond acceptors (Lipinski definition) is 3. The Labute approximate surface area is 150 Å². The molecular weight excluding hydrogens is 401 g/mol. The summed E-state index contributed by atoms with van der Waals surface area (Å²) in [5.74, 6) is 1.24. The van der Waals surface area contributed by atoms with E-state index in [-0.39, 0.29) is 11.7 Å². The van der Waals surface area contributed by atoms with Crippen LogP contribution in [0.15, 0.2) is 48.4 Å². The highest BCUT2D eigenvalue weighted by atomic mass is 127. The number of carbonyl (C=O) groups excluding carboxylic acids is 1. The van der Waals surface area contributed by atoms with Crippen LogP contribution in [0.5, 0.6) is 0 Å². The summed E-state index contributed by atoms with van der Waals surface area (Å²) in [6, 6.07) is 8.30. The number of imidazole rings is 1. The van der Waals surface area contributed by atoms with Crippen molar-refractivity contribution in [1.29, 1.82) is 0 Å². The van der Waals surface area contributed by atoms with Crippen molar-refractivity contribution in [2.45, 2.75) is 32.9 Å². The molecule has 0 saturated heterocycles. The Hall–Kier alpha value is -1.63. The first-order valence-corrected chi connectivity index (χ1v) is 8.91. The predicted octanol–water partition coefficient (Wildman–Crippen LogP) is 3.45. The number of rotatable bonds is 5. The van der Waals surface area contributed by atoms with E-state index in [1.54, 1.807) is 12.3 Å². The van der Waals surface area contributed by atoms with Crippen LogP contribution in [0, 0.1) is 16.4 Å². The van der Waals surface area contributed by atoms with Gasteiger partial charge in [0.25, 0.3) is 0 Å². The lowest BCUT2D eigenvalue weighted by atomic mass is 9.91. The monoisotopic (exact) mass is 421 g/mol. The van der Waals surface area contributed by atoms with Crippen LogP contribution in [0.2, 0.25) is 0 Å². The molecular formula is C18H20IN3O. The lowest BCUT2D eigenvalue weighted by Crippen LogP contribution is -2.26. The van der Waals surface area contributed by atoms with Crippen molar-refractivity contribution < 1.29 is 4.79 Å². The van der Waals surface area contributed by atoms with E-state index in [1.165, 1.54) is 9.13 Å². The van der Waals surface area contributed by atoms with Crippen molar-refractivity contribution in [2.24, 2.45) is 5.92 Å². The van der Waals surface area contributed by atoms with E-state index in [9.17, 15) is 4.79 Å². The molecule has 1 N–H and O–H groups in total. The molecule has 0 radical (unpaired) electrons. The minimum absolute atomic E-state index is 0.0605. The van der Waals surface area contributed by atoms with Crippen LogP contribution >= 0.6 is 22.6 Å². The summed E-state index contributed by atoms with van der Waals surface area (Å²) < 4.78 is 3.30. The van der Waals surface area contributed by atoms with Gasteiger partial charge in [-0.25, -0.2) is 4.98 Å². The number of hydrogen-bond donors (Lipinski definition) is 1. The summed E-state index contributed by atoms with van der Waals surface area (Å²) in [5, 5.41) is 3.42. The molecule has 1 aromatic carbocycles. The van der Waals surface area contributed by atoms with Gasteiger partial charge in [0, 0.05) is 46.7 Å². The number of nitrogens with one attached hydrogen (secondary N) is 1. The molecule has 0 saturated carbocycles. The quantitative estimate of drug-likeness (QED) is 0.753. The number of aryl methyl sites for hydroxylation is 1. The van der Waals surface area contributed by atoms with Crippen LogP contribution in [0.25, 0.3) is 0 Å². The zero-order valence-corrected chi connectivity index (χ0v) is 15.3. The molecule has 4 nitrogen and oxygen atoms in total. The third kappa shape index (κ3) is 4.02. The van der Waals surface area contributed by atoms with Gasteiger partial charge in [-0.2, -0.15) is 0 Å². The standard InChI is InChI=1S/C18H20IN3O/c1-13-20-8-9-22(13)12-15-6-7-16(10-18(15)23)21-11-14-4-2-3-5-17(14)19/h2-5,8-10,15,21H,6-7,11-12H2,1H3. The van der Waals surface area contributed by atoms with Crippen molar-refractivity contribution in [1.82, 2.24) is 14.9 Å². The highest BCUT2D eigenvalue weighted by molar-refractivity contribution is 14.1. The molecule has 0 amide bonds. The highest BCUT2D eigenvalue weighted by Gasteiger charge is 2.23. The molecule has 23 heavy (non-hydrogen) atoms. The third-order valence-electron chi connectivity index (χ3n) is 4.29. The van der Waals surface area contributed by atoms with E-state index in [2.05, 4.69) is 49.6 Å². The summed E-state index contributed by atoms with van der Waals surface area (Å²) in [6.07, 6.45) is 7.33. The normalized spacial score (nSPS) is 17.9. The molecule has 5 heteroatoms. The van der Waals surface area contributed by atoms with Gasteiger partial charge in [-0.15, -0.1) is 0 Å². The third-order valence-corrected chi connectivity index (χ3v) is 5.34. The Balaban J connectivity index is 1.59. The van der Waals surface area contributed by atoms with Crippen LogP contribution in [-0.2, 0) is 17.9 Å². The van der Waals surface area contributed by atoms with Gasteiger partial charge in [0.05, 0.1) is 0 Å². The maximum absolute atomic E-state index is 12.4. The van der Waals surface area contributed by atoms with Gasteiger partial charge in [0.15, 0.2) is 5.78 Å². The average molecular weight is 421 g/mol. The zero-order valence-electron chi connectivity index (χ0n) is 13.1. The van der Waals surface area contributed by atoms with Gasteiger partial charge in [-0.3, -0.25) is 4.79 Å². The molecule has 0 bridgehead atoms. The zero-order chi connectivity index (χ0) is 16.2. The number of ketones is 1. The number of aromatic nitrogens is 2. The molecule has 1 atom stereocenters. The number of allylic oxidation sites excluding steroid dienone is 2. The van der Waals surface area contributed by atoms with Crippen molar-refractivity contribution >= 4 is 28.4 Å². The van der Waals surface area contributed by atoms with Gasteiger partial charge >= 0.3 is 0 Å². The van der Waals surface area contributed by atoms with Crippen molar-refractivity contribution in [3.8, 4) is 0 Å². The molecule has 1 unspecified atom stereocenters. The molecule has 1 aliphatic carbocycles. The van der Waals surface area contributed by atoms with Crippen LogP contribution in [0.3, 0.4) is 0 Å². The number of nitrogens with zero attached hydrogens (tertiary/aromatic N) is 2. The van der Waals surface area contributed by atoms with Gasteiger partial charge < -0.3 is 9.88 Å². The second-order valence-electron chi connectivity index (χ2n) is 5.88. The van der Waals surface area contributed by atoms with Gasteiger partial charge in [-0.1, -0.05) is 18.2 Å². The first kappa shape index (κ1) is 16.2. The molecule has 0 spiro atoms. The number of halogens is 1. The Morgan fingerprint density at radius 3 is 2.91 bits per heavy atom. The van der Waals surface area contributed by atoms with E-state index >= 15 is 0 Å². The average Bonchev–Trinajstić information content (AvgIpc) is 2.94. The number of carbonyl (C=O) groups is 1. The molecule has 2 aromatic rings. The fourth-order valence-corrected chi connectivity index (χ4v) is 3.42. The first-order valence-electron chi connectivity index (χ1n) is 7.83. The summed E-state index contributed by atoms with van der Waals surface area (Å²) in [5.41, 5.74) is 2.31. The van der Waals surface area contributed by atoms with Crippen molar-refractivity contribution in [3.63, 3.8) is 0 Å². The maximum atomic E-state index is 12.4. The van der Waals surface area contributed by atoms with Crippen LogP contribution in [0.4, 0.5) is 0 Å². The molecule has 120 valence electrons. The molecule has 3 rings (SSSR count). The molecule has 1 aliphatic rings. The Bertz CT molecular complexity index is 735. The second-order valence-corrected chi connectivity index (χ2v) is 7.04. The second kappa shape index (κ2) is 7.29. The largest absolute Gasteiger partial charge is 0.384 e. The van der Waals surface area contributed by atoms with Gasteiger partial charge in [-0.05, 0) is 54.0 Å². The Morgan fingerprint density at radius 2 is 2.22 bits per heavy atom. The highest BCUT2D eigenvalue weighted by Crippen LogP contribution is 2.22. The minimum Gasteiger partial charge on any atom is -0.384 e. The van der Waals surface area contributed by atoms with Gasteiger partial charge in [0.2, 0.25) is 0 Å². The Morgan fingerprint density at radius 1 is 1.39 bits per heavy atom. The van der Waals surface area contributed by atoms with Crippen LogP contribution < -0.4 is 5.32 Å². The van der Waals surface area contributed by atoms with Gasteiger partial charge in [0.1, 0.15) is 5.82 Å². The SMILES string of the molecule is Cc1nccn1CC1CCC(NCc2ccccc2I)=CC1=O. The summed E-state index contributed by atoms with van der Waals surface area (Å²) in [6.45, 7) is 3.46. The Kier molecular flexibility index (Phi) is 5.15. The van der Waals surface area contributed by atoms with E-state index in [1.807, 2.05) is 25.3 Å². The summed E-state index contributed by atoms with van der Waals surface area (Å²) >= 11 is 2.34. The van der Waals surface area contributed by atoms with Crippen LogP contribution in [0.1, 0.15) is 24.2 Å². The topological polar surface area (TPSA) is 46.9 Å². The molecule has 0 fully saturated rings. The molecule has 1 aromatic heterocycles. The van der Waals surface area contributed by atoms with E-state index in [0.717, 1.165) is 37.5 Å². The van der Waals surface area contributed by atoms with E-state index in [0.29, 0.717) is 0 Å². The van der Waals surface area contributed by atoms with Crippen molar-refractivity contribution in [3.05, 3.63) is 63.4 Å². The van der Waals surface area contributed by atoms with E-state index < -0.39 is 0 Å². The predicted molar refractivity (Wildman–Crippen MR) is 98.8 cm³/mol. The van der Waals surface area contributed by atoms with Crippen LogP contribution in [-0.4, -0.2) is 15.3 Å². The summed E-state index contributed by atoms with van der Waals surface area (Å²) in [7, 11) is 0. The fraction of sp³-hybridized carbons (Fsp3) is 0.333.